The molecule has 2 aromatic rings. The zero-order valence-corrected chi connectivity index (χ0v) is 14.3. The van der Waals surface area contributed by atoms with Gasteiger partial charge in [0.25, 0.3) is 9.05 Å². The van der Waals surface area contributed by atoms with Gasteiger partial charge in [0, 0.05) is 10.7 Å². The summed E-state index contributed by atoms with van der Waals surface area (Å²) in [6.07, 6.45) is 0. The third kappa shape index (κ3) is 5.68. The lowest BCUT2D eigenvalue weighted by atomic mass is 10.4. The molecule has 2 rings (SSSR count). The van der Waals surface area contributed by atoms with Crippen molar-refractivity contribution >= 4 is 66.1 Å². The van der Waals surface area contributed by atoms with Gasteiger partial charge in [-0.1, -0.05) is 58.5 Å². The summed E-state index contributed by atoms with van der Waals surface area (Å²) in [6.45, 7) is 0. The molecule has 108 valence electrons. The van der Waals surface area contributed by atoms with Crippen molar-refractivity contribution in [3.8, 4) is 0 Å². The SMILES string of the molecule is Clc1ccccc1Cl.O=S(=O)(Cl)c1ccc(Cl)c(Cl)c1. The van der Waals surface area contributed by atoms with Gasteiger partial charge in [-0.2, -0.15) is 0 Å². The summed E-state index contributed by atoms with van der Waals surface area (Å²) in [6, 6.07) is 11.1. The van der Waals surface area contributed by atoms with Crippen molar-refractivity contribution in [1.82, 2.24) is 0 Å². The van der Waals surface area contributed by atoms with Crippen LogP contribution in [-0.4, -0.2) is 8.42 Å². The minimum atomic E-state index is -3.71. The van der Waals surface area contributed by atoms with Crippen LogP contribution >= 0.6 is 57.1 Å². The van der Waals surface area contributed by atoms with E-state index in [1.807, 2.05) is 12.1 Å². The molecule has 0 aliphatic carbocycles. The van der Waals surface area contributed by atoms with Crippen LogP contribution in [0, 0.1) is 0 Å². The maximum Gasteiger partial charge on any atom is 0.261 e. The minimum absolute atomic E-state index is 0.0569. The number of hydrogen-bond donors (Lipinski definition) is 0. The fourth-order valence-electron chi connectivity index (χ4n) is 1.07. The molecule has 0 unspecified atom stereocenters. The van der Waals surface area contributed by atoms with Crippen LogP contribution in [0.5, 0.6) is 0 Å². The molecule has 0 saturated heterocycles. The van der Waals surface area contributed by atoms with Crippen molar-refractivity contribution in [1.29, 1.82) is 0 Å². The van der Waals surface area contributed by atoms with E-state index in [0.717, 1.165) is 0 Å². The van der Waals surface area contributed by atoms with E-state index < -0.39 is 9.05 Å². The third-order valence-corrected chi connectivity index (χ3v) is 4.84. The first-order chi connectivity index (χ1) is 9.21. The Morgan fingerprint density at radius 2 is 1.15 bits per heavy atom. The molecule has 0 saturated carbocycles. The van der Waals surface area contributed by atoms with Gasteiger partial charge >= 0.3 is 0 Å². The Balaban J connectivity index is 0.000000217. The number of rotatable bonds is 1. The van der Waals surface area contributed by atoms with Gasteiger partial charge in [-0.3, -0.25) is 0 Å². The van der Waals surface area contributed by atoms with Crippen molar-refractivity contribution in [2.45, 2.75) is 4.90 Å². The molecule has 0 spiro atoms. The largest absolute Gasteiger partial charge is 0.261 e. The molecular formula is C12H7Cl5O2S. The highest BCUT2D eigenvalue weighted by molar-refractivity contribution is 8.13. The molecule has 0 aliphatic rings. The van der Waals surface area contributed by atoms with Gasteiger partial charge in [0.05, 0.1) is 25.0 Å². The van der Waals surface area contributed by atoms with Crippen LogP contribution in [0.2, 0.25) is 20.1 Å². The smallest absolute Gasteiger partial charge is 0.207 e. The first kappa shape index (κ1) is 17.9. The van der Waals surface area contributed by atoms with Gasteiger partial charge in [-0.25, -0.2) is 8.42 Å². The molecule has 0 aromatic heterocycles. The van der Waals surface area contributed by atoms with E-state index in [9.17, 15) is 8.42 Å². The maximum atomic E-state index is 10.8. The van der Waals surface area contributed by atoms with Crippen molar-refractivity contribution in [2.24, 2.45) is 0 Å². The van der Waals surface area contributed by atoms with Crippen LogP contribution in [0.3, 0.4) is 0 Å². The molecular weight excluding hydrogens is 385 g/mol. The molecule has 0 fully saturated rings. The summed E-state index contributed by atoms with van der Waals surface area (Å²) >= 11 is 22.3. The van der Waals surface area contributed by atoms with E-state index in [1.54, 1.807) is 12.1 Å². The summed E-state index contributed by atoms with van der Waals surface area (Å²) in [4.78, 5) is -0.0569. The molecule has 0 N–H and O–H groups in total. The van der Waals surface area contributed by atoms with E-state index >= 15 is 0 Å². The monoisotopic (exact) mass is 390 g/mol. The van der Waals surface area contributed by atoms with Crippen LogP contribution in [-0.2, 0) is 9.05 Å². The number of benzene rings is 2. The van der Waals surface area contributed by atoms with Gasteiger partial charge in [-0.15, -0.1) is 0 Å². The van der Waals surface area contributed by atoms with Gasteiger partial charge < -0.3 is 0 Å². The summed E-state index contributed by atoms with van der Waals surface area (Å²) in [5.74, 6) is 0. The van der Waals surface area contributed by atoms with Crippen molar-refractivity contribution in [3.05, 3.63) is 62.6 Å². The van der Waals surface area contributed by atoms with Crippen LogP contribution in [0.1, 0.15) is 0 Å². The highest BCUT2D eigenvalue weighted by atomic mass is 35.7. The van der Waals surface area contributed by atoms with Gasteiger partial charge in [0.2, 0.25) is 0 Å². The first-order valence-corrected chi connectivity index (χ1v) is 8.83. The zero-order chi connectivity index (χ0) is 15.3. The van der Waals surface area contributed by atoms with Crippen LogP contribution < -0.4 is 0 Å². The highest BCUT2D eigenvalue weighted by Crippen LogP contribution is 2.26. The Morgan fingerprint density at radius 3 is 1.50 bits per heavy atom. The number of hydrogen-bond acceptors (Lipinski definition) is 2. The lowest BCUT2D eigenvalue weighted by Gasteiger charge is -1.97. The fraction of sp³-hybridized carbons (Fsp3) is 0. The Morgan fingerprint density at radius 1 is 0.700 bits per heavy atom. The molecule has 0 amide bonds. The van der Waals surface area contributed by atoms with E-state index in [1.165, 1.54) is 18.2 Å². The Labute approximate surface area is 141 Å². The van der Waals surface area contributed by atoms with Crippen LogP contribution in [0.15, 0.2) is 47.4 Å². The second kappa shape index (κ2) is 7.74. The summed E-state index contributed by atoms with van der Waals surface area (Å²) in [5, 5.41) is 1.67. The normalized spacial score (nSPS) is 10.7. The molecule has 0 atom stereocenters. The quantitative estimate of drug-likeness (QED) is 0.565. The van der Waals surface area contributed by atoms with Crippen molar-refractivity contribution in [2.75, 3.05) is 0 Å². The van der Waals surface area contributed by atoms with E-state index in [-0.39, 0.29) is 9.92 Å². The standard InChI is InChI=1S/C6H3Cl3O2S.C6H4Cl2/c7-5-2-1-4(3-6(5)8)12(9,10)11;7-5-3-1-2-4-6(5)8/h1-3H;1-4H. The lowest BCUT2D eigenvalue weighted by Crippen LogP contribution is -1.89. The predicted molar refractivity (Wildman–Crippen MR) is 86.0 cm³/mol. The average molecular weight is 393 g/mol. The third-order valence-electron chi connectivity index (χ3n) is 2.00. The molecule has 0 radical (unpaired) electrons. The summed E-state index contributed by atoms with van der Waals surface area (Å²) in [7, 11) is 1.34. The molecule has 8 heteroatoms. The lowest BCUT2D eigenvalue weighted by molar-refractivity contribution is 0.609. The maximum absolute atomic E-state index is 10.8. The van der Waals surface area contributed by atoms with Gasteiger partial charge in [-0.05, 0) is 30.3 Å². The summed E-state index contributed by atoms with van der Waals surface area (Å²) in [5.41, 5.74) is 0. The highest BCUT2D eigenvalue weighted by Gasteiger charge is 2.10. The Kier molecular flexibility index (Phi) is 6.92. The van der Waals surface area contributed by atoms with E-state index in [4.69, 9.17) is 57.1 Å². The summed E-state index contributed by atoms with van der Waals surface area (Å²) < 4.78 is 21.5. The molecule has 2 nitrogen and oxygen atoms in total. The molecule has 0 heterocycles. The first-order valence-electron chi connectivity index (χ1n) is 5.01. The Hall–Kier alpha value is -0.160. The Bertz CT molecular complexity index is 680. The second-order valence-corrected chi connectivity index (χ2v) is 7.62. The van der Waals surface area contributed by atoms with E-state index in [2.05, 4.69) is 0 Å². The molecule has 20 heavy (non-hydrogen) atoms. The van der Waals surface area contributed by atoms with E-state index in [0.29, 0.717) is 15.1 Å². The van der Waals surface area contributed by atoms with Crippen molar-refractivity contribution < 1.29 is 8.42 Å². The molecule has 0 bridgehead atoms. The van der Waals surface area contributed by atoms with Crippen LogP contribution in [0.25, 0.3) is 0 Å². The average Bonchev–Trinajstić information content (AvgIpc) is 2.36. The number of halogens is 5. The van der Waals surface area contributed by atoms with Gasteiger partial charge in [0.15, 0.2) is 0 Å². The second-order valence-electron chi connectivity index (χ2n) is 3.43. The van der Waals surface area contributed by atoms with Gasteiger partial charge in [0.1, 0.15) is 0 Å². The molecule has 2 aromatic carbocycles. The fourth-order valence-corrected chi connectivity index (χ4v) is 2.48. The molecule has 0 aliphatic heterocycles. The van der Waals surface area contributed by atoms with Crippen molar-refractivity contribution in [3.63, 3.8) is 0 Å². The predicted octanol–water partition coefficient (Wildman–Crippen LogP) is 5.91. The zero-order valence-electron chi connectivity index (χ0n) is 9.66. The van der Waals surface area contributed by atoms with Crippen LogP contribution in [0.4, 0.5) is 0 Å². The topological polar surface area (TPSA) is 34.1 Å². The minimum Gasteiger partial charge on any atom is -0.207 e.